The van der Waals surface area contributed by atoms with Crippen LogP contribution in [0.5, 0.6) is 0 Å². The largest absolute Gasteiger partial charge is 0.481 e. The molecule has 0 radical (unpaired) electrons. The molecule has 2 amide bonds. The number of likely N-dealkylation sites (N-methyl/N-ethyl adjacent to an activating group) is 1. The molecule has 0 spiro atoms. The Morgan fingerprint density at radius 2 is 1.74 bits per heavy atom. The van der Waals surface area contributed by atoms with E-state index in [0.717, 1.165) is 22.6 Å². The number of rotatable bonds is 13. The van der Waals surface area contributed by atoms with Gasteiger partial charge in [-0.15, -0.1) is 0 Å². The van der Waals surface area contributed by atoms with Crippen molar-refractivity contribution >= 4 is 28.7 Å². The smallest absolute Gasteiger partial charge is 0.431 e. The predicted octanol–water partition coefficient (Wildman–Crippen LogP) is 4.97. The number of hydrogen-bond donors (Lipinski definition) is 3. The van der Waals surface area contributed by atoms with Crippen molar-refractivity contribution in [3.63, 3.8) is 0 Å². The summed E-state index contributed by atoms with van der Waals surface area (Å²) in [6, 6.07) is 5.51. The summed E-state index contributed by atoms with van der Waals surface area (Å²) >= 11 is 0. The van der Waals surface area contributed by atoms with Crippen LogP contribution in [0, 0.1) is 19.7 Å². The maximum Gasteiger partial charge on any atom is 0.431 e. The van der Waals surface area contributed by atoms with Gasteiger partial charge in [0.2, 0.25) is 5.91 Å². The number of aromatic nitrogens is 3. The number of alkyl halides is 3. The number of aliphatic carboxylic acids is 1. The molecule has 0 aliphatic rings. The van der Waals surface area contributed by atoms with Gasteiger partial charge in [-0.05, 0) is 86.9 Å². The SMILES string of the molecule is CCC[C@H](NC(=O)c1ccc(C(F)(F)F)n(CCN(C)C)c1=O)C(=O)N[C@@H](CC(=O)O)c1cc(-c2c(C)ccc3nn(C)cc23)cc(C)c1F. The minimum Gasteiger partial charge on any atom is -0.481 e. The van der Waals surface area contributed by atoms with Crippen molar-refractivity contribution in [2.45, 2.75) is 64.8 Å². The standard InChI is InChI=1S/C35H40F4N6O5/c1-7-8-26(40-32(48)22-10-12-28(35(37,38)39)45(34(22)50)14-13-43(4)5)33(49)41-27(17-29(46)47)23-16-21(15-20(3)31(23)36)30-19(2)9-11-25-24(30)18-44(6)42-25/h9-12,15-16,18,26-27H,7-8,13-14,17H2,1-6H3,(H,40,48)(H,41,49)(H,46,47)/t26-,27-/m0/s1. The molecule has 0 bridgehead atoms. The van der Waals surface area contributed by atoms with E-state index in [1.54, 1.807) is 43.7 Å². The lowest BCUT2D eigenvalue weighted by molar-refractivity contribution is -0.144. The number of fused-ring (bicyclic) bond motifs is 1. The molecule has 0 saturated heterocycles. The molecule has 11 nitrogen and oxygen atoms in total. The number of benzene rings is 2. The van der Waals surface area contributed by atoms with Gasteiger partial charge in [0.1, 0.15) is 23.1 Å². The molecule has 0 aliphatic heterocycles. The van der Waals surface area contributed by atoms with Crippen LogP contribution in [-0.4, -0.2) is 68.8 Å². The lowest BCUT2D eigenvalue weighted by Gasteiger charge is -2.24. The van der Waals surface area contributed by atoms with Crippen molar-refractivity contribution in [3.05, 3.63) is 86.7 Å². The second kappa shape index (κ2) is 15.2. The molecule has 15 heteroatoms. The summed E-state index contributed by atoms with van der Waals surface area (Å²) in [7, 11) is 5.00. The van der Waals surface area contributed by atoms with E-state index in [4.69, 9.17) is 0 Å². The van der Waals surface area contributed by atoms with E-state index in [2.05, 4.69) is 15.7 Å². The third kappa shape index (κ3) is 8.38. The van der Waals surface area contributed by atoms with Gasteiger partial charge in [0.15, 0.2) is 0 Å². The highest BCUT2D eigenvalue weighted by Crippen LogP contribution is 2.36. The molecule has 0 aliphatic carbocycles. The van der Waals surface area contributed by atoms with Gasteiger partial charge in [-0.1, -0.05) is 19.4 Å². The molecule has 4 aromatic rings. The maximum atomic E-state index is 15.8. The van der Waals surface area contributed by atoms with Crippen LogP contribution >= 0.6 is 0 Å². The van der Waals surface area contributed by atoms with Gasteiger partial charge in [0.25, 0.3) is 11.5 Å². The summed E-state index contributed by atoms with van der Waals surface area (Å²) < 4.78 is 59.1. The van der Waals surface area contributed by atoms with Gasteiger partial charge in [-0.2, -0.15) is 18.3 Å². The molecule has 0 fully saturated rings. The van der Waals surface area contributed by atoms with Crippen molar-refractivity contribution in [1.82, 2.24) is 29.9 Å². The quantitative estimate of drug-likeness (QED) is 0.168. The fraction of sp³-hybridized carbons (Fsp3) is 0.400. The fourth-order valence-corrected chi connectivity index (χ4v) is 5.90. The first kappa shape index (κ1) is 37.8. The first-order valence-corrected chi connectivity index (χ1v) is 15.9. The Kier molecular flexibility index (Phi) is 11.5. The normalized spacial score (nSPS) is 13.0. The Labute approximate surface area is 285 Å². The van der Waals surface area contributed by atoms with E-state index in [0.29, 0.717) is 28.1 Å². The van der Waals surface area contributed by atoms with Crippen LogP contribution in [0.4, 0.5) is 17.6 Å². The zero-order chi connectivity index (χ0) is 37.1. The van der Waals surface area contributed by atoms with Crippen LogP contribution in [0.1, 0.15) is 65.0 Å². The Hall–Kier alpha value is -5.05. The van der Waals surface area contributed by atoms with E-state index >= 15 is 4.39 Å². The number of amides is 2. The minimum absolute atomic E-state index is 0.0244. The summed E-state index contributed by atoms with van der Waals surface area (Å²) in [6.07, 6.45) is -3.38. The molecule has 2 aromatic heterocycles. The van der Waals surface area contributed by atoms with Crippen molar-refractivity contribution in [2.75, 3.05) is 20.6 Å². The van der Waals surface area contributed by atoms with E-state index < -0.39 is 65.1 Å². The average molecular weight is 701 g/mol. The first-order chi connectivity index (χ1) is 23.4. The number of hydrogen-bond acceptors (Lipinski definition) is 6. The molecule has 50 heavy (non-hydrogen) atoms. The van der Waals surface area contributed by atoms with Crippen molar-refractivity contribution in [2.24, 2.45) is 7.05 Å². The van der Waals surface area contributed by atoms with Gasteiger partial charge >= 0.3 is 12.1 Å². The molecule has 0 saturated carbocycles. The van der Waals surface area contributed by atoms with E-state index in [9.17, 15) is 37.5 Å². The van der Waals surface area contributed by atoms with Gasteiger partial charge < -0.3 is 25.2 Å². The number of carbonyl (C=O) groups is 3. The number of carboxylic acid groups (broad SMARTS) is 1. The topological polar surface area (TPSA) is 139 Å². The summed E-state index contributed by atoms with van der Waals surface area (Å²) in [5.41, 5.74) is -0.0320. The molecule has 4 rings (SSSR count). The highest BCUT2D eigenvalue weighted by atomic mass is 19.4. The third-order valence-electron chi connectivity index (χ3n) is 8.33. The molecular weight excluding hydrogens is 660 g/mol. The third-order valence-corrected chi connectivity index (χ3v) is 8.33. The molecule has 3 N–H and O–H groups in total. The second-order valence-corrected chi connectivity index (χ2v) is 12.6. The Morgan fingerprint density at radius 1 is 1.04 bits per heavy atom. The number of nitrogens with zero attached hydrogens (tertiary/aromatic N) is 4. The number of carbonyl (C=O) groups excluding carboxylic acids is 2. The van der Waals surface area contributed by atoms with Crippen LogP contribution in [0.2, 0.25) is 0 Å². The predicted molar refractivity (Wildman–Crippen MR) is 179 cm³/mol. The van der Waals surface area contributed by atoms with Crippen molar-refractivity contribution in [1.29, 1.82) is 0 Å². The maximum absolute atomic E-state index is 15.8. The van der Waals surface area contributed by atoms with Crippen LogP contribution in [0.25, 0.3) is 22.0 Å². The number of halogens is 4. The van der Waals surface area contributed by atoms with Gasteiger partial charge in [-0.25, -0.2) is 4.39 Å². The number of aryl methyl sites for hydroxylation is 3. The fourth-order valence-electron chi connectivity index (χ4n) is 5.90. The van der Waals surface area contributed by atoms with Crippen LogP contribution in [0.15, 0.2) is 47.4 Å². The van der Waals surface area contributed by atoms with Crippen LogP contribution < -0.4 is 16.2 Å². The molecular formula is C35H40F4N6O5. The molecule has 2 aromatic carbocycles. The number of carboxylic acids is 1. The Morgan fingerprint density at radius 3 is 2.36 bits per heavy atom. The Balaban J connectivity index is 1.69. The van der Waals surface area contributed by atoms with Gasteiger partial charge in [-0.3, -0.25) is 23.9 Å². The highest BCUT2D eigenvalue weighted by molar-refractivity contribution is 5.98. The summed E-state index contributed by atoms with van der Waals surface area (Å²) in [4.78, 5) is 53.7. The average Bonchev–Trinajstić information content (AvgIpc) is 3.40. The van der Waals surface area contributed by atoms with E-state index in [-0.39, 0.29) is 30.6 Å². The summed E-state index contributed by atoms with van der Waals surface area (Å²) in [5, 5.41) is 20.0. The van der Waals surface area contributed by atoms with Crippen molar-refractivity contribution < 1.29 is 37.1 Å². The lowest BCUT2D eigenvalue weighted by atomic mass is 9.91. The zero-order valence-corrected chi connectivity index (χ0v) is 28.6. The second-order valence-electron chi connectivity index (χ2n) is 12.6. The van der Waals surface area contributed by atoms with Gasteiger partial charge in [0.05, 0.1) is 18.0 Å². The van der Waals surface area contributed by atoms with Gasteiger partial charge in [0, 0.05) is 37.3 Å². The monoisotopic (exact) mass is 700 g/mol. The van der Waals surface area contributed by atoms with Crippen LogP contribution in [-0.2, 0) is 29.4 Å². The number of nitrogens with one attached hydrogen (secondary N) is 2. The van der Waals surface area contributed by atoms with E-state index in [1.807, 2.05) is 25.3 Å². The molecule has 2 atom stereocenters. The number of pyridine rings is 1. The molecule has 268 valence electrons. The lowest BCUT2D eigenvalue weighted by Crippen LogP contribution is -2.49. The van der Waals surface area contributed by atoms with Crippen LogP contribution in [0.3, 0.4) is 0 Å². The van der Waals surface area contributed by atoms with E-state index in [1.165, 1.54) is 13.0 Å². The molecule has 0 unspecified atom stereocenters. The molecule has 2 heterocycles. The van der Waals surface area contributed by atoms with Crippen molar-refractivity contribution in [3.8, 4) is 11.1 Å². The minimum atomic E-state index is -4.86. The first-order valence-electron chi connectivity index (χ1n) is 15.9. The Bertz CT molecular complexity index is 1980. The summed E-state index contributed by atoms with van der Waals surface area (Å²) in [5.74, 6) is -4.01. The highest BCUT2D eigenvalue weighted by Gasteiger charge is 2.36. The zero-order valence-electron chi connectivity index (χ0n) is 28.6. The summed E-state index contributed by atoms with van der Waals surface area (Å²) in [6.45, 7) is 4.84.